The van der Waals surface area contributed by atoms with Crippen LogP contribution in [0.3, 0.4) is 0 Å². The molecule has 35 heavy (non-hydrogen) atoms. The van der Waals surface area contributed by atoms with Crippen molar-refractivity contribution in [2.75, 3.05) is 0 Å². The van der Waals surface area contributed by atoms with Crippen LogP contribution in [0, 0.1) is 46.3 Å². The van der Waals surface area contributed by atoms with Crippen LogP contribution < -0.4 is 0 Å². The van der Waals surface area contributed by atoms with Crippen LogP contribution in [0.2, 0.25) is 0 Å². The SMILES string of the molecule is C[C@H](CC(=O)O)[C@H]1CC[C@H]2[C@@H]3CC[C@@H]4C[C@H](OS(=O)(=O)O)CC[C@]4(C)[C@H]3C[C@H](OS(=O)(=O)O)[C@]12C. The fourth-order valence-corrected chi connectivity index (χ4v) is 10.2. The average molecular weight is 539 g/mol. The number of aliphatic carboxylic acids is 1. The maximum absolute atomic E-state index is 11.9. The van der Waals surface area contributed by atoms with E-state index in [1.165, 1.54) is 0 Å². The monoisotopic (exact) mass is 538 g/mol. The lowest BCUT2D eigenvalue weighted by Gasteiger charge is -2.62. The van der Waals surface area contributed by atoms with Gasteiger partial charge in [0.05, 0.1) is 12.2 Å². The van der Waals surface area contributed by atoms with Gasteiger partial charge in [-0.3, -0.25) is 13.9 Å². The first-order valence-corrected chi connectivity index (χ1v) is 15.3. The van der Waals surface area contributed by atoms with Gasteiger partial charge >= 0.3 is 26.8 Å². The van der Waals surface area contributed by atoms with Gasteiger partial charge in [-0.1, -0.05) is 20.8 Å². The molecule has 0 amide bonds. The Morgan fingerprint density at radius 1 is 0.943 bits per heavy atom. The van der Waals surface area contributed by atoms with E-state index in [2.05, 4.69) is 6.92 Å². The Morgan fingerprint density at radius 3 is 2.20 bits per heavy atom. The molecule has 0 heterocycles. The van der Waals surface area contributed by atoms with E-state index in [1.807, 2.05) is 13.8 Å². The lowest BCUT2D eigenvalue weighted by atomic mass is 9.43. The maximum atomic E-state index is 11.9. The summed E-state index contributed by atoms with van der Waals surface area (Å²) in [7, 11) is -9.25. The van der Waals surface area contributed by atoms with Gasteiger partial charge < -0.3 is 5.11 Å². The van der Waals surface area contributed by atoms with Crippen molar-refractivity contribution in [3.8, 4) is 0 Å². The molecule has 0 aromatic carbocycles. The molecule has 0 saturated heterocycles. The summed E-state index contributed by atoms with van der Waals surface area (Å²) in [6.07, 6.45) is 4.17. The highest BCUT2D eigenvalue weighted by molar-refractivity contribution is 7.81. The Kier molecular flexibility index (Phi) is 7.16. The molecule has 0 aromatic rings. The van der Waals surface area contributed by atoms with Crippen LogP contribution >= 0.6 is 0 Å². The van der Waals surface area contributed by atoms with E-state index in [1.54, 1.807) is 0 Å². The minimum absolute atomic E-state index is 0.00535. The van der Waals surface area contributed by atoms with Crippen LogP contribution in [0.1, 0.15) is 78.6 Å². The number of carboxylic acid groups (broad SMARTS) is 1. The highest BCUT2D eigenvalue weighted by Crippen LogP contribution is 2.69. The number of hydrogen-bond donors (Lipinski definition) is 3. The first-order chi connectivity index (χ1) is 16.0. The van der Waals surface area contributed by atoms with Crippen molar-refractivity contribution in [2.45, 2.75) is 90.8 Å². The second-order valence-electron chi connectivity index (χ2n) is 12.0. The van der Waals surface area contributed by atoms with Gasteiger partial charge in [-0.2, -0.15) is 16.8 Å². The fourth-order valence-electron chi connectivity index (χ4n) is 9.08. The van der Waals surface area contributed by atoms with Crippen molar-refractivity contribution in [3.63, 3.8) is 0 Å². The molecule has 0 radical (unpaired) electrons. The summed E-state index contributed by atoms with van der Waals surface area (Å²) in [6, 6.07) is 0. The van der Waals surface area contributed by atoms with Crippen molar-refractivity contribution in [3.05, 3.63) is 0 Å². The summed E-state index contributed by atoms with van der Waals surface area (Å²) in [5.41, 5.74) is -0.769. The standard InChI is InChI=1S/C23H38O10S2/c1-13(10-21(24)25)17-6-7-18-16-5-4-14-11-15(32-34(26,27)28)8-9-22(14,2)19(16)12-20(23(17,18)3)33-35(29,30)31/h13-20H,4-12H2,1-3H3,(H,24,25)(H,26,27,28)(H,29,30,31)/t13-,14-,15-,16+,17-,18+,19+,20+,22+,23-/m1/s1. The molecule has 4 aliphatic rings. The van der Waals surface area contributed by atoms with Gasteiger partial charge in [0.2, 0.25) is 0 Å². The van der Waals surface area contributed by atoms with Crippen LogP contribution in [0.4, 0.5) is 0 Å². The summed E-state index contributed by atoms with van der Waals surface area (Å²) >= 11 is 0. The maximum Gasteiger partial charge on any atom is 0.397 e. The first-order valence-electron chi connectivity index (χ1n) is 12.6. The second kappa shape index (κ2) is 9.20. The molecule has 10 atom stereocenters. The third-order valence-electron chi connectivity index (χ3n) is 10.4. The Balaban J connectivity index is 1.65. The van der Waals surface area contributed by atoms with Crippen molar-refractivity contribution in [1.82, 2.24) is 0 Å². The number of hydrogen-bond acceptors (Lipinski definition) is 7. The molecule has 0 aromatic heterocycles. The zero-order chi connectivity index (χ0) is 26.0. The average Bonchev–Trinajstić information content (AvgIpc) is 3.05. The smallest absolute Gasteiger partial charge is 0.397 e. The molecular formula is C23H38O10S2. The van der Waals surface area contributed by atoms with Crippen LogP contribution in [-0.2, 0) is 34.0 Å². The minimum Gasteiger partial charge on any atom is -0.481 e. The van der Waals surface area contributed by atoms with Gasteiger partial charge in [0.1, 0.15) is 0 Å². The van der Waals surface area contributed by atoms with E-state index in [9.17, 15) is 31.3 Å². The summed E-state index contributed by atoms with van der Waals surface area (Å²) in [5, 5.41) is 9.39. The molecular weight excluding hydrogens is 500 g/mol. The molecule has 10 nitrogen and oxygen atoms in total. The Labute approximate surface area is 208 Å². The molecule has 4 fully saturated rings. The van der Waals surface area contributed by atoms with Crippen LogP contribution in [0.15, 0.2) is 0 Å². The quantitative estimate of drug-likeness (QED) is 0.407. The fraction of sp³-hybridized carbons (Fsp3) is 0.957. The second-order valence-corrected chi connectivity index (χ2v) is 14.0. The zero-order valence-corrected chi connectivity index (χ0v) is 22.1. The Hall–Kier alpha value is -0.790. The molecule has 202 valence electrons. The normalized spacial score (nSPS) is 44.7. The van der Waals surface area contributed by atoms with Gasteiger partial charge in [0.15, 0.2) is 0 Å². The Bertz CT molecular complexity index is 1040. The van der Waals surface area contributed by atoms with Gasteiger partial charge in [-0.25, -0.2) is 8.37 Å². The van der Waals surface area contributed by atoms with Gasteiger partial charge in [-0.15, -0.1) is 0 Å². The lowest BCUT2D eigenvalue weighted by Crippen LogP contribution is -2.59. The minimum atomic E-state index is -4.72. The number of carbonyl (C=O) groups is 1. The van der Waals surface area contributed by atoms with Gasteiger partial charge in [0, 0.05) is 11.8 Å². The summed E-state index contributed by atoms with van der Waals surface area (Å²) in [5.74, 6) is -0.369. The largest absolute Gasteiger partial charge is 0.481 e. The molecule has 4 aliphatic carbocycles. The van der Waals surface area contributed by atoms with Crippen molar-refractivity contribution in [2.24, 2.45) is 46.3 Å². The predicted molar refractivity (Wildman–Crippen MR) is 125 cm³/mol. The van der Waals surface area contributed by atoms with Crippen molar-refractivity contribution in [1.29, 1.82) is 0 Å². The first kappa shape index (κ1) is 27.3. The summed E-state index contributed by atoms with van der Waals surface area (Å²) in [4.78, 5) is 11.5. The van der Waals surface area contributed by atoms with Crippen LogP contribution in [-0.4, -0.2) is 49.2 Å². The third-order valence-corrected chi connectivity index (χ3v) is 11.4. The molecule has 4 rings (SSSR count). The molecule has 0 aliphatic heterocycles. The Morgan fingerprint density at radius 2 is 1.60 bits per heavy atom. The zero-order valence-electron chi connectivity index (χ0n) is 20.5. The highest BCUT2D eigenvalue weighted by atomic mass is 32.3. The summed E-state index contributed by atoms with van der Waals surface area (Å²) < 4.78 is 75.4. The lowest BCUT2D eigenvalue weighted by molar-refractivity contribution is -0.168. The third kappa shape index (κ3) is 5.16. The molecule has 0 bridgehead atoms. The van der Waals surface area contributed by atoms with Crippen molar-refractivity contribution < 1.29 is 44.2 Å². The van der Waals surface area contributed by atoms with E-state index in [0.29, 0.717) is 31.6 Å². The van der Waals surface area contributed by atoms with Gasteiger partial charge in [0.25, 0.3) is 0 Å². The number of fused-ring (bicyclic) bond motifs is 5. The number of rotatable bonds is 7. The van der Waals surface area contributed by atoms with E-state index < -0.39 is 44.4 Å². The van der Waals surface area contributed by atoms with Crippen LogP contribution in [0.5, 0.6) is 0 Å². The molecule has 12 heteroatoms. The van der Waals surface area contributed by atoms with E-state index in [4.69, 9.17) is 12.9 Å². The van der Waals surface area contributed by atoms with E-state index >= 15 is 0 Å². The topological polar surface area (TPSA) is 164 Å². The molecule has 3 N–H and O–H groups in total. The molecule has 0 spiro atoms. The molecule has 0 unspecified atom stereocenters. The number of carboxylic acids is 1. The summed E-state index contributed by atoms with van der Waals surface area (Å²) in [6.45, 7) is 6.10. The van der Waals surface area contributed by atoms with E-state index in [0.717, 1.165) is 25.7 Å². The molecule has 4 saturated carbocycles. The highest BCUT2D eigenvalue weighted by Gasteiger charge is 2.65. The van der Waals surface area contributed by atoms with Crippen LogP contribution in [0.25, 0.3) is 0 Å². The predicted octanol–water partition coefficient (Wildman–Crippen LogP) is 3.74. The van der Waals surface area contributed by atoms with E-state index in [-0.39, 0.29) is 41.4 Å². The van der Waals surface area contributed by atoms with Gasteiger partial charge in [-0.05, 0) is 92.3 Å². The van der Waals surface area contributed by atoms with Crippen molar-refractivity contribution >= 4 is 26.8 Å².